The molecule has 2 aromatic carbocycles. The highest BCUT2D eigenvalue weighted by atomic mass is 35.5. The van der Waals surface area contributed by atoms with E-state index in [4.69, 9.17) is 34.8 Å². The molecule has 1 aliphatic rings. The number of nitrogens with one attached hydrogen (secondary N) is 1. The van der Waals surface area contributed by atoms with Crippen LogP contribution in [-0.2, 0) is 0 Å². The summed E-state index contributed by atoms with van der Waals surface area (Å²) in [4.78, 5) is 4.38. The average molecular weight is 358 g/mol. The van der Waals surface area contributed by atoms with E-state index in [1.54, 1.807) is 18.5 Å². The van der Waals surface area contributed by atoms with Crippen molar-refractivity contribution in [1.29, 1.82) is 0 Å². The highest BCUT2D eigenvalue weighted by Gasteiger charge is 2.32. The SMILES string of the molecule is Oc1ccc([C@@H]2N=CN[C@@H]2c2c(Cl)cc(O)cc2Cl)c(Cl)c1. The topological polar surface area (TPSA) is 64.9 Å². The lowest BCUT2D eigenvalue weighted by Crippen LogP contribution is -2.19. The first-order valence-electron chi connectivity index (χ1n) is 6.41. The van der Waals surface area contributed by atoms with Crippen molar-refractivity contribution >= 4 is 41.1 Å². The van der Waals surface area contributed by atoms with Crippen molar-refractivity contribution in [2.75, 3.05) is 0 Å². The van der Waals surface area contributed by atoms with Crippen molar-refractivity contribution in [3.63, 3.8) is 0 Å². The molecule has 0 aromatic heterocycles. The van der Waals surface area contributed by atoms with Crippen LogP contribution in [0.25, 0.3) is 0 Å². The molecule has 0 amide bonds. The summed E-state index contributed by atoms with van der Waals surface area (Å²) in [5.74, 6) is 0.0813. The summed E-state index contributed by atoms with van der Waals surface area (Å²) in [7, 11) is 0. The largest absolute Gasteiger partial charge is 0.508 e. The Hall–Kier alpha value is -1.62. The molecule has 7 heteroatoms. The van der Waals surface area contributed by atoms with Crippen LogP contribution in [0.3, 0.4) is 0 Å². The number of phenols is 2. The highest BCUT2D eigenvalue weighted by Crippen LogP contribution is 2.44. The highest BCUT2D eigenvalue weighted by molar-refractivity contribution is 6.36. The van der Waals surface area contributed by atoms with E-state index in [1.807, 2.05) is 0 Å². The number of aliphatic imine (C=N–C) groups is 1. The summed E-state index contributed by atoms with van der Waals surface area (Å²) >= 11 is 18.6. The van der Waals surface area contributed by atoms with E-state index < -0.39 is 0 Å². The summed E-state index contributed by atoms with van der Waals surface area (Å²) < 4.78 is 0. The third kappa shape index (κ3) is 2.70. The summed E-state index contributed by atoms with van der Waals surface area (Å²) in [6.45, 7) is 0. The van der Waals surface area contributed by atoms with Crippen LogP contribution in [0.15, 0.2) is 35.3 Å². The Balaban J connectivity index is 2.05. The quantitative estimate of drug-likeness (QED) is 0.743. The molecular weight excluding hydrogens is 347 g/mol. The van der Waals surface area contributed by atoms with Gasteiger partial charge < -0.3 is 15.5 Å². The summed E-state index contributed by atoms with van der Waals surface area (Å²) in [6.07, 6.45) is 1.57. The molecule has 1 heterocycles. The van der Waals surface area contributed by atoms with Gasteiger partial charge in [0.05, 0.1) is 22.4 Å². The van der Waals surface area contributed by atoms with E-state index in [9.17, 15) is 10.2 Å². The minimum atomic E-state index is -0.340. The molecule has 2 aromatic rings. The van der Waals surface area contributed by atoms with Gasteiger partial charge in [-0.3, -0.25) is 4.99 Å². The molecule has 2 atom stereocenters. The number of phenolic OH excluding ortho intramolecular Hbond substituents is 2. The van der Waals surface area contributed by atoms with Gasteiger partial charge in [0.15, 0.2) is 0 Å². The van der Waals surface area contributed by atoms with E-state index in [1.165, 1.54) is 18.2 Å². The number of nitrogens with zero attached hydrogens (tertiary/aromatic N) is 1. The molecule has 3 N–H and O–H groups in total. The molecule has 22 heavy (non-hydrogen) atoms. The van der Waals surface area contributed by atoms with Gasteiger partial charge in [-0.05, 0) is 29.8 Å². The van der Waals surface area contributed by atoms with Crippen LogP contribution >= 0.6 is 34.8 Å². The van der Waals surface area contributed by atoms with Crippen LogP contribution in [-0.4, -0.2) is 16.6 Å². The molecule has 1 aliphatic heterocycles. The van der Waals surface area contributed by atoms with Gasteiger partial charge in [0.1, 0.15) is 17.5 Å². The minimum Gasteiger partial charge on any atom is -0.508 e. The fraction of sp³-hybridized carbons (Fsp3) is 0.133. The third-order valence-corrected chi connectivity index (χ3v) is 4.44. The van der Waals surface area contributed by atoms with Crippen molar-refractivity contribution in [2.24, 2.45) is 4.99 Å². The van der Waals surface area contributed by atoms with Crippen LogP contribution in [0.4, 0.5) is 0 Å². The minimum absolute atomic E-state index is 0.00289. The van der Waals surface area contributed by atoms with Gasteiger partial charge in [-0.25, -0.2) is 0 Å². The van der Waals surface area contributed by atoms with Gasteiger partial charge in [-0.1, -0.05) is 40.9 Å². The van der Waals surface area contributed by atoms with Gasteiger partial charge >= 0.3 is 0 Å². The Labute approximate surface area is 142 Å². The Morgan fingerprint density at radius 1 is 0.909 bits per heavy atom. The standard InChI is InChI=1S/C15H11Cl3N2O2/c16-10-3-7(21)1-2-9(10)14-15(20-6-19-14)13-11(17)4-8(22)5-12(13)18/h1-6,14-15,21-22H,(H,19,20)/t14-,15+/m0/s1. The molecule has 0 fully saturated rings. The van der Waals surface area contributed by atoms with Gasteiger partial charge in [-0.2, -0.15) is 0 Å². The maximum absolute atomic E-state index is 9.55. The number of benzene rings is 2. The van der Waals surface area contributed by atoms with Crippen LogP contribution in [0.2, 0.25) is 15.1 Å². The number of hydrogen-bond donors (Lipinski definition) is 3. The summed E-state index contributed by atoms with van der Waals surface area (Å²) in [5.41, 5.74) is 1.37. The predicted octanol–water partition coefficient (Wildman–Crippen LogP) is 4.47. The average Bonchev–Trinajstić information content (AvgIpc) is 2.86. The molecule has 0 aliphatic carbocycles. The molecule has 3 rings (SSSR count). The lowest BCUT2D eigenvalue weighted by Gasteiger charge is -2.22. The fourth-order valence-corrected chi connectivity index (χ4v) is 3.50. The number of rotatable bonds is 2. The van der Waals surface area contributed by atoms with Crippen LogP contribution in [0.5, 0.6) is 11.5 Å². The fourth-order valence-electron chi connectivity index (χ4n) is 2.51. The molecule has 0 saturated heterocycles. The van der Waals surface area contributed by atoms with Crippen molar-refractivity contribution in [3.05, 3.63) is 56.5 Å². The van der Waals surface area contributed by atoms with Crippen LogP contribution < -0.4 is 5.32 Å². The number of aromatic hydroxyl groups is 2. The first-order valence-corrected chi connectivity index (χ1v) is 7.55. The first kappa shape index (κ1) is 15.3. The summed E-state index contributed by atoms with van der Waals surface area (Å²) in [5, 5.41) is 23.2. The zero-order valence-corrected chi connectivity index (χ0v) is 13.4. The van der Waals surface area contributed by atoms with Crippen molar-refractivity contribution in [2.45, 2.75) is 12.1 Å². The second kappa shape index (κ2) is 5.88. The molecular formula is C15H11Cl3N2O2. The maximum atomic E-state index is 9.55. The van der Waals surface area contributed by atoms with Gasteiger partial charge in [0.2, 0.25) is 0 Å². The van der Waals surface area contributed by atoms with E-state index in [0.717, 1.165) is 5.56 Å². The third-order valence-electron chi connectivity index (χ3n) is 3.48. The van der Waals surface area contributed by atoms with Crippen LogP contribution in [0, 0.1) is 0 Å². The van der Waals surface area contributed by atoms with E-state index >= 15 is 0 Å². The van der Waals surface area contributed by atoms with Crippen LogP contribution in [0.1, 0.15) is 23.2 Å². The molecule has 0 spiro atoms. The summed E-state index contributed by atoms with van der Waals surface area (Å²) in [6, 6.07) is 6.92. The smallest absolute Gasteiger partial charge is 0.118 e. The Kier molecular flexibility index (Phi) is 4.08. The number of halogens is 3. The second-order valence-electron chi connectivity index (χ2n) is 4.90. The Morgan fingerprint density at radius 3 is 2.18 bits per heavy atom. The van der Waals surface area contributed by atoms with Gasteiger partial charge in [-0.15, -0.1) is 0 Å². The number of hydrogen-bond acceptors (Lipinski definition) is 4. The van der Waals surface area contributed by atoms with E-state index in [-0.39, 0.29) is 23.6 Å². The second-order valence-corrected chi connectivity index (χ2v) is 6.12. The van der Waals surface area contributed by atoms with Crippen molar-refractivity contribution in [3.8, 4) is 11.5 Å². The zero-order chi connectivity index (χ0) is 15.9. The monoisotopic (exact) mass is 356 g/mol. The van der Waals surface area contributed by atoms with Crippen molar-refractivity contribution in [1.82, 2.24) is 5.32 Å². The molecule has 0 bridgehead atoms. The van der Waals surface area contributed by atoms with E-state index in [0.29, 0.717) is 20.6 Å². The first-order chi connectivity index (χ1) is 10.5. The molecule has 114 valence electrons. The van der Waals surface area contributed by atoms with Gasteiger partial charge in [0.25, 0.3) is 0 Å². The molecule has 0 unspecified atom stereocenters. The van der Waals surface area contributed by atoms with Gasteiger partial charge in [0, 0.05) is 10.6 Å². The molecule has 4 nitrogen and oxygen atoms in total. The molecule has 0 saturated carbocycles. The van der Waals surface area contributed by atoms with E-state index in [2.05, 4.69) is 10.3 Å². The lowest BCUT2D eigenvalue weighted by atomic mass is 9.94. The predicted molar refractivity (Wildman–Crippen MR) is 88.4 cm³/mol. The Bertz CT molecular complexity index is 741. The zero-order valence-electron chi connectivity index (χ0n) is 11.1. The van der Waals surface area contributed by atoms with Crippen molar-refractivity contribution < 1.29 is 10.2 Å². The Morgan fingerprint density at radius 2 is 1.55 bits per heavy atom. The lowest BCUT2D eigenvalue weighted by molar-refractivity contribution is 0.473. The molecule has 0 radical (unpaired) electrons. The maximum Gasteiger partial charge on any atom is 0.118 e. The normalized spacial score (nSPS) is 20.1.